The van der Waals surface area contributed by atoms with Crippen LogP contribution in [-0.4, -0.2) is 21.9 Å². The van der Waals surface area contributed by atoms with Gasteiger partial charge >= 0.3 is 0 Å². The minimum atomic E-state index is -0.166. The number of nitrogens with zero attached hydrogens (tertiary/aromatic N) is 3. The number of nitrogens with one attached hydrogen (secondary N) is 1. The van der Waals surface area contributed by atoms with Gasteiger partial charge in [-0.3, -0.25) is 9.48 Å². The van der Waals surface area contributed by atoms with Crippen molar-refractivity contribution in [3.63, 3.8) is 0 Å². The highest BCUT2D eigenvalue weighted by Gasteiger charge is 2.11. The summed E-state index contributed by atoms with van der Waals surface area (Å²) in [4.78, 5) is 13.9. The SMILES string of the molecule is CCCc1cc(C(=O)NN=Cc2cnn(C)c2)sc1C. The van der Waals surface area contributed by atoms with Crippen LogP contribution in [0.5, 0.6) is 0 Å². The molecule has 0 saturated heterocycles. The van der Waals surface area contributed by atoms with Crippen LogP contribution in [0.25, 0.3) is 0 Å². The van der Waals surface area contributed by atoms with Crippen molar-refractivity contribution < 1.29 is 4.79 Å². The van der Waals surface area contributed by atoms with Crippen LogP contribution in [0.2, 0.25) is 0 Å². The lowest BCUT2D eigenvalue weighted by molar-refractivity contribution is 0.0959. The third-order valence-corrected chi connectivity index (χ3v) is 3.96. The number of aromatic nitrogens is 2. The number of amides is 1. The lowest BCUT2D eigenvalue weighted by Gasteiger charge is -1.94. The fraction of sp³-hybridized carbons (Fsp3) is 0.357. The Balaban J connectivity index is 1.98. The Bertz CT molecular complexity index is 627. The van der Waals surface area contributed by atoms with Gasteiger partial charge in [0, 0.05) is 23.7 Å². The first-order chi connectivity index (χ1) is 9.60. The third-order valence-electron chi connectivity index (χ3n) is 2.87. The van der Waals surface area contributed by atoms with Crippen LogP contribution in [0.4, 0.5) is 0 Å². The maximum Gasteiger partial charge on any atom is 0.281 e. The number of carbonyl (C=O) groups excluding carboxylic acids is 1. The van der Waals surface area contributed by atoms with Gasteiger partial charge in [-0.2, -0.15) is 10.2 Å². The summed E-state index contributed by atoms with van der Waals surface area (Å²) in [5.74, 6) is -0.166. The van der Waals surface area contributed by atoms with E-state index in [2.05, 4.69) is 22.5 Å². The summed E-state index contributed by atoms with van der Waals surface area (Å²) in [7, 11) is 1.83. The largest absolute Gasteiger partial charge is 0.281 e. The van der Waals surface area contributed by atoms with E-state index in [1.807, 2.05) is 26.2 Å². The zero-order valence-corrected chi connectivity index (χ0v) is 12.7. The van der Waals surface area contributed by atoms with E-state index in [0.717, 1.165) is 18.4 Å². The predicted molar refractivity (Wildman–Crippen MR) is 81.3 cm³/mol. The van der Waals surface area contributed by atoms with Crippen LogP contribution in [0.1, 0.15) is 39.0 Å². The molecule has 0 bridgehead atoms. The number of thiophene rings is 1. The molecule has 106 valence electrons. The highest BCUT2D eigenvalue weighted by atomic mass is 32.1. The molecule has 20 heavy (non-hydrogen) atoms. The van der Waals surface area contributed by atoms with Crippen molar-refractivity contribution in [1.82, 2.24) is 15.2 Å². The molecule has 0 aliphatic carbocycles. The topological polar surface area (TPSA) is 59.3 Å². The van der Waals surface area contributed by atoms with Crippen molar-refractivity contribution >= 4 is 23.5 Å². The molecular formula is C14H18N4OS. The summed E-state index contributed by atoms with van der Waals surface area (Å²) in [5.41, 5.74) is 4.64. The summed E-state index contributed by atoms with van der Waals surface area (Å²) >= 11 is 1.51. The minimum absolute atomic E-state index is 0.166. The normalized spacial score (nSPS) is 11.2. The van der Waals surface area contributed by atoms with Crippen molar-refractivity contribution in [2.75, 3.05) is 0 Å². The lowest BCUT2D eigenvalue weighted by atomic mass is 10.1. The van der Waals surface area contributed by atoms with Crippen LogP contribution >= 0.6 is 11.3 Å². The number of hydrogen-bond donors (Lipinski definition) is 1. The molecule has 0 saturated carbocycles. The van der Waals surface area contributed by atoms with Gasteiger partial charge < -0.3 is 0 Å². The van der Waals surface area contributed by atoms with Crippen LogP contribution in [0.15, 0.2) is 23.6 Å². The van der Waals surface area contributed by atoms with E-state index in [4.69, 9.17) is 0 Å². The maximum atomic E-state index is 12.0. The molecule has 0 atom stereocenters. The second-order valence-electron chi connectivity index (χ2n) is 4.59. The summed E-state index contributed by atoms with van der Waals surface area (Å²) < 4.78 is 1.68. The van der Waals surface area contributed by atoms with E-state index in [9.17, 15) is 4.79 Å². The van der Waals surface area contributed by atoms with Crippen LogP contribution in [0.3, 0.4) is 0 Å². The summed E-state index contributed by atoms with van der Waals surface area (Å²) in [6, 6.07) is 1.96. The predicted octanol–water partition coefficient (Wildman–Crippen LogP) is 2.51. The van der Waals surface area contributed by atoms with Crippen molar-refractivity contribution in [1.29, 1.82) is 0 Å². The number of aryl methyl sites for hydroxylation is 3. The van der Waals surface area contributed by atoms with Gasteiger partial charge in [-0.25, -0.2) is 5.43 Å². The quantitative estimate of drug-likeness (QED) is 0.679. The zero-order valence-electron chi connectivity index (χ0n) is 11.9. The van der Waals surface area contributed by atoms with Gasteiger partial charge in [-0.05, 0) is 25.0 Å². The summed E-state index contributed by atoms with van der Waals surface area (Å²) in [6.45, 7) is 4.18. The first kappa shape index (κ1) is 14.5. The van der Waals surface area contributed by atoms with Gasteiger partial charge in [0.2, 0.25) is 0 Å². The molecule has 0 fully saturated rings. The molecule has 0 radical (unpaired) electrons. The number of rotatable bonds is 5. The van der Waals surface area contributed by atoms with Gasteiger partial charge in [-0.1, -0.05) is 13.3 Å². The molecule has 5 nitrogen and oxygen atoms in total. The summed E-state index contributed by atoms with van der Waals surface area (Å²) in [6.07, 6.45) is 7.18. The Morgan fingerprint density at radius 1 is 1.60 bits per heavy atom. The maximum absolute atomic E-state index is 12.0. The second kappa shape index (κ2) is 6.47. The monoisotopic (exact) mass is 290 g/mol. The highest BCUT2D eigenvalue weighted by molar-refractivity contribution is 7.14. The van der Waals surface area contributed by atoms with Gasteiger partial charge in [0.25, 0.3) is 5.91 Å². The Morgan fingerprint density at radius 3 is 3.05 bits per heavy atom. The van der Waals surface area contributed by atoms with Gasteiger partial charge in [-0.15, -0.1) is 11.3 Å². The van der Waals surface area contributed by atoms with E-state index < -0.39 is 0 Å². The molecule has 1 amide bonds. The molecule has 2 aromatic rings. The zero-order chi connectivity index (χ0) is 14.5. The van der Waals surface area contributed by atoms with E-state index in [-0.39, 0.29) is 5.91 Å². The third kappa shape index (κ3) is 3.54. The van der Waals surface area contributed by atoms with Crippen molar-refractivity contribution in [3.05, 3.63) is 39.3 Å². The van der Waals surface area contributed by atoms with E-state index in [1.54, 1.807) is 17.1 Å². The van der Waals surface area contributed by atoms with Crippen molar-refractivity contribution in [2.45, 2.75) is 26.7 Å². The first-order valence-electron chi connectivity index (χ1n) is 6.51. The van der Waals surface area contributed by atoms with Gasteiger partial charge in [0.05, 0.1) is 17.3 Å². The Morgan fingerprint density at radius 2 is 2.40 bits per heavy atom. The highest BCUT2D eigenvalue weighted by Crippen LogP contribution is 2.22. The Kier molecular flexibility index (Phi) is 4.68. The molecule has 0 aliphatic rings. The molecule has 0 spiro atoms. The molecule has 2 rings (SSSR count). The standard InChI is InChI=1S/C14H18N4OS/c1-4-5-12-6-13(20-10(12)2)14(19)17-15-7-11-8-16-18(3)9-11/h6-9H,4-5H2,1-3H3,(H,17,19). The molecule has 6 heteroatoms. The first-order valence-corrected chi connectivity index (χ1v) is 7.33. The fourth-order valence-corrected chi connectivity index (χ4v) is 2.84. The molecule has 0 aliphatic heterocycles. The molecular weight excluding hydrogens is 272 g/mol. The molecule has 1 N–H and O–H groups in total. The Labute approximate surface area is 122 Å². The average molecular weight is 290 g/mol. The lowest BCUT2D eigenvalue weighted by Crippen LogP contribution is -2.16. The smallest absolute Gasteiger partial charge is 0.275 e. The van der Waals surface area contributed by atoms with E-state index in [1.165, 1.54) is 21.8 Å². The molecule has 0 aromatic carbocycles. The van der Waals surface area contributed by atoms with E-state index in [0.29, 0.717) is 4.88 Å². The fourth-order valence-electron chi connectivity index (χ4n) is 1.88. The minimum Gasteiger partial charge on any atom is -0.275 e. The van der Waals surface area contributed by atoms with Crippen LogP contribution in [-0.2, 0) is 13.5 Å². The number of hydrazone groups is 1. The molecule has 2 heterocycles. The number of hydrogen-bond acceptors (Lipinski definition) is 4. The second-order valence-corrected chi connectivity index (χ2v) is 5.84. The van der Waals surface area contributed by atoms with Gasteiger partial charge in [0.1, 0.15) is 0 Å². The van der Waals surface area contributed by atoms with E-state index >= 15 is 0 Å². The molecule has 0 unspecified atom stereocenters. The van der Waals surface area contributed by atoms with Crippen molar-refractivity contribution in [3.8, 4) is 0 Å². The van der Waals surface area contributed by atoms with Crippen LogP contribution in [0, 0.1) is 6.92 Å². The number of carbonyl (C=O) groups is 1. The Hall–Kier alpha value is -1.95. The average Bonchev–Trinajstić information content (AvgIpc) is 2.97. The van der Waals surface area contributed by atoms with Crippen LogP contribution < -0.4 is 5.43 Å². The van der Waals surface area contributed by atoms with Crippen molar-refractivity contribution in [2.24, 2.45) is 12.1 Å². The summed E-state index contributed by atoms with van der Waals surface area (Å²) in [5, 5.41) is 7.97. The molecule has 2 aromatic heterocycles. The van der Waals surface area contributed by atoms with Gasteiger partial charge in [0.15, 0.2) is 0 Å².